The number of hydrogen-bond acceptors (Lipinski definition) is 1. The quantitative estimate of drug-likeness (QED) is 0.543. The maximum atomic E-state index is 5.49. The molecule has 11 heavy (non-hydrogen) atoms. The van der Waals surface area contributed by atoms with E-state index in [1.54, 1.807) is 0 Å². The zero-order valence-electron chi connectivity index (χ0n) is 6.55. The van der Waals surface area contributed by atoms with E-state index in [0.717, 1.165) is 11.3 Å². The van der Waals surface area contributed by atoms with Gasteiger partial charge in [0.15, 0.2) is 5.76 Å². The van der Waals surface area contributed by atoms with Crippen molar-refractivity contribution in [3.8, 4) is 0 Å². The van der Waals surface area contributed by atoms with Gasteiger partial charge in [0.1, 0.15) is 0 Å². The summed E-state index contributed by atoms with van der Waals surface area (Å²) in [5.74, 6) is 0.832. The predicted octanol–water partition coefficient (Wildman–Crippen LogP) is 2.32. The minimum atomic E-state index is 0.461. The third-order valence-electron chi connectivity index (χ3n) is 1.69. The molecule has 0 spiro atoms. The fourth-order valence-electron chi connectivity index (χ4n) is 0.878. The molecule has 0 saturated heterocycles. The second kappa shape index (κ2) is 2.47. The van der Waals surface area contributed by atoms with Crippen molar-refractivity contribution in [2.24, 2.45) is 0 Å². The zero-order chi connectivity index (χ0) is 7.68. The normalized spacial score (nSPS) is 21.2. The van der Waals surface area contributed by atoms with E-state index in [1.807, 2.05) is 19.1 Å². The lowest BCUT2D eigenvalue weighted by molar-refractivity contribution is 0.209. The van der Waals surface area contributed by atoms with Gasteiger partial charge in [-0.25, -0.2) is 0 Å². The van der Waals surface area contributed by atoms with Crippen molar-refractivity contribution in [1.82, 2.24) is 0 Å². The van der Waals surface area contributed by atoms with Crippen LogP contribution < -0.4 is 0 Å². The predicted molar refractivity (Wildman–Crippen MR) is 43.0 cm³/mol. The lowest BCUT2D eigenvalue weighted by atomic mass is 10.2. The highest BCUT2D eigenvalue weighted by atomic mass is 16.5. The molecule has 2 rings (SSSR count). The topological polar surface area (TPSA) is 9.23 Å². The van der Waals surface area contributed by atoms with Crippen LogP contribution in [0.15, 0.2) is 34.9 Å². The van der Waals surface area contributed by atoms with E-state index in [9.17, 15) is 0 Å². The third kappa shape index (κ3) is 1.65. The van der Waals surface area contributed by atoms with E-state index < -0.39 is 0 Å². The molecular weight excluding hydrogens is 136 g/mol. The highest BCUT2D eigenvalue weighted by Crippen LogP contribution is 2.26. The summed E-state index contributed by atoms with van der Waals surface area (Å²) < 4.78 is 5.49. The SMILES string of the molecule is CC1=C=C=C(OC2CC2)C=C1. The monoisotopic (exact) mass is 146 g/mol. The first-order valence-electron chi connectivity index (χ1n) is 3.92. The van der Waals surface area contributed by atoms with Gasteiger partial charge in [0.05, 0.1) is 6.10 Å². The molecule has 56 valence electrons. The van der Waals surface area contributed by atoms with E-state index in [1.165, 1.54) is 12.8 Å². The van der Waals surface area contributed by atoms with Crippen LogP contribution >= 0.6 is 0 Å². The summed E-state index contributed by atoms with van der Waals surface area (Å²) in [6.07, 6.45) is 6.80. The Labute approximate surface area is 66.4 Å². The van der Waals surface area contributed by atoms with Gasteiger partial charge in [-0.3, -0.25) is 0 Å². The standard InChI is InChI=1S/C10H10O/c1-8-2-4-9(5-3-8)11-10-6-7-10/h2,4,10H,6-7H2,1H3. The van der Waals surface area contributed by atoms with Crippen molar-refractivity contribution in [1.29, 1.82) is 0 Å². The lowest BCUT2D eigenvalue weighted by Crippen LogP contribution is -1.91. The summed E-state index contributed by atoms with van der Waals surface area (Å²) >= 11 is 0. The van der Waals surface area contributed by atoms with Gasteiger partial charge in [-0.05, 0) is 43.2 Å². The van der Waals surface area contributed by atoms with Crippen molar-refractivity contribution in [3.63, 3.8) is 0 Å². The Morgan fingerprint density at radius 1 is 1.36 bits per heavy atom. The zero-order valence-corrected chi connectivity index (χ0v) is 6.55. The first-order chi connectivity index (χ1) is 5.34. The Morgan fingerprint density at radius 2 is 2.18 bits per heavy atom. The Morgan fingerprint density at radius 3 is 2.73 bits per heavy atom. The molecule has 1 saturated carbocycles. The van der Waals surface area contributed by atoms with E-state index in [2.05, 4.69) is 11.5 Å². The van der Waals surface area contributed by atoms with Crippen LogP contribution in [0.4, 0.5) is 0 Å². The van der Waals surface area contributed by atoms with Gasteiger partial charge in [-0.15, -0.1) is 0 Å². The van der Waals surface area contributed by atoms with Gasteiger partial charge >= 0.3 is 0 Å². The molecule has 0 atom stereocenters. The van der Waals surface area contributed by atoms with Crippen LogP contribution in [0.1, 0.15) is 19.8 Å². The van der Waals surface area contributed by atoms with Crippen LogP contribution in [-0.2, 0) is 4.74 Å². The smallest absolute Gasteiger partial charge is 0.170 e. The fourth-order valence-corrected chi connectivity index (χ4v) is 0.878. The van der Waals surface area contributed by atoms with Crippen LogP contribution in [0, 0.1) is 0 Å². The molecule has 0 amide bonds. The van der Waals surface area contributed by atoms with Crippen molar-refractivity contribution >= 4 is 0 Å². The van der Waals surface area contributed by atoms with Gasteiger partial charge in [-0.2, -0.15) is 0 Å². The molecule has 0 aliphatic heterocycles. The summed E-state index contributed by atoms with van der Waals surface area (Å²) in [4.78, 5) is 0. The second-order valence-electron chi connectivity index (χ2n) is 2.95. The molecule has 1 nitrogen and oxygen atoms in total. The van der Waals surface area contributed by atoms with Crippen LogP contribution in [-0.4, -0.2) is 6.10 Å². The van der Waals surface area contributed by atoms with Crippen molar-refractivity contribution in [3.05, 3.63) is 34.9 Å². The lowest BCUT2D eigenvalue weighted by Gasteiger charge is -2.02. The Kier molecular flexibility index (Phi) is 1.47. The third-order valence-corrected chi connectivity index (χ3v) is 1.69. The van der Waals surface area contributed by atoms with Gasteiger partial charge in [0, 0.05) is 0 Å². The van der Waals surface area contributed by atoms with Crippen LogP contribution in [0.25, 0.3) is 0 Å². The van der Waals surface area contributed by atoms with Crippen LogP contribution in [0.2, 0.25) is 0 Å². The fraction of sp³-hybridized carbons (Fsp3) is 0.400. The molecular formula is C10H10O. The number of allylic oxidation sites excluding steroid dienone is 3. The highest BCUT2D eigenvalue weighted by Gasteiger charge is 2.23. The van der Waals surface area contributed by atoms with Gasteiger partial charge in [0.25, 0.3) is 0 Å². The maximum absolute atomic E-state index is 5.49. The molecule has 0 bridgehead atoms. The molecule has 0 unspecified atom stereocenters. The molecule has 2 aliphatic carbocycles. The molecule has 0 N–H and O–H groups in total. The van der Waals surface area contributed by atoms with E-state index >= 15 is 0 Å². The molecule has 1 heteroatoms. The van der Waals surface area contributed by atoms with Gasteiger partial charge < -0.3 is 4.74 Å². The van der Waals surface area contributed by atoms with E-state index in [-0.39, 0.29) is 0 Å². The van der Waals surface area contributed by atoms with Crippen LogP contribution in [0.3, 0.4) is 0 Å². The minimum absolute atomic E-state index is 0.461. The summed E-state index contributed by atoms with van der Waals surface area (Å²) in [6.45, 7) is 2.00. The number of rotatable bonds is 2. The Balaban J connectivity index is 2.14. The maximum Gasteiger partial charge on any atom is 0.170 e. The summed E-state index contributed by atoms with van der Waals surface area (Å²) in [6, 6.07) is 0. The average Bonchev–Trinajstić information content (AvgIpc) is 2.78. The first kappa shape index (κ1) is 6.54. The van der Waals surface area contributed by atoms with E-state index in [4.69, 9.17) is 4.74 Å². The molecule has 0 heterocycles. The molecule has 0 aromatic heterocycles. The summed E-state index contributed by atoms with van der Waals surface area (Å²) in [5, 5.41) is 0. The Hall–Kier alpha value is -1.16. The molecule has 0 aromatic rings. The van der Waals surface area contributed by atoms with Gasteiger partial charge in [-0.1, -0.05) is 5.73 Å². The van der Waals surface area contributed by atoms with Crippen molar-refractivity contribution < 1.29 is 4.74 Å². The minimum Gasteiger partial charge on any atom is -0.482 e. The van der Waals surface area contributed by atoms with Gasteiger partial charge in [0.2, 0.25) is 0 Å². The number of hydrogen-bond donors (Lipinski definition) is 0. The first-order valence-corrected chi connectivity index (χ1v) is 3.92. The highest BCUT2D eigenvalue weighted by molar-refractivity contribution is 5.27. The molecule has 2 aliphatic rings. The number of ether oxygens (including phenoxy) is 1. The molecule has 0 aromatic carbocycles. The Bertz CT molecular complexity index is 293. The molecule has 1 fully saturated rings. The summed E-state index contributed by atoms with van der Waals surface area (Å²) in [5.41, 5.74) is 7.05. The molecule has 0 radical (unpaired) electrons. The van der Waals surface area contributed by atoms with Crippen LogP contribution in [0.5, 0.6) is 0 Å². The van der Waals surface area contributed by atoms with E-state index in [0.29, 0.717) is 6.10 Å². The van der Waals surface area contributed by atoms with Crippen molar-refractivity contribution in [2.75, 3.05) is 0 Å². The summed E-state index contributed by atoms with van der Waals surface area (Å²) in [7, 11) is 0. The average molecular weight is 146 g/mol. The largest absolute Gasteiger partial charge is 0.482 e. The van der Waals surface area contributed by atoms with Crippen molar-refractivity contribution in [2.45, 2.75) is 25.9 Å². The second-order valence-corrected chi connectivity index (χ2v) is 2.95.